The number of hydrogen-bond donors (Lipinski definition) is 2. The minimum absolute atomic E-state index is 0.00547. The normalized spacial score (nSPS) is 11.3. The molecule has 0 aliphatic rings. The Hall–Kier alpha value is -2.25. The van der Waals surface area contributed by atoms with E-state index in [1.165, 1.54) is 0 Å². The van der Waals surface area contributed by atoms with E-state index in [-0.39, 0.29) is 10.8 Å². The van der Waals surface area contributed by atoms with E-state index in [2.05, 4.69) is 15.0 Å². The number of pyridine rings is 1. The number of nitrogens with zero attached hydrogens (tertiary/aromatic N) is 1. The van der Waals surface area contributed by atoms with Gasteiger partial charge < -0.3 is 5.32 Å². The highest BCUT2D eigenvalue weighted by atomic mass is 32.2. The van der Waals surface area contributed by atoms with Crippen molar-refractivity contribution in [1.29, 1.82) is 0 Å². The summed E-state index contributed by atoms with van der Waals surface area (Å²) in [5, 5.41) is 2.85. The van der Waals surface area contributed by atoms with Crippen molar-refractivity contribution in [2.24, 2.45) is 0 Å². The van der Waals surface area contributed by atoms with Crippen molar-refractivity contribution >= 4 is 15.9 Å². The van der Waals surface area contributed by atoms with Gasteiger partial charge in [0.05, 0.1) is 4.90 Å². The van der Waals surface area contributed by atoms with Crippen LogP contribution in [-0.4, -0.2) is 25.9 Å². The molecule has 0 aliphatic carbocycles. The molecular formula is C19H25N3O3S. The van der Waals surface area contributed by atoms with Crippen LogP contribution in [0.15, 0.2) is 53.7 Å². The number of hydrogen-bond acceptors (Lipinski definition) is 4. The Morgan fingerprint density at radius 3 is 2.54 bits per heavy atom. The summed E-state index contributed by atoms with van der Waals surface area (Å²) in [5.74, 6) is -0.00547. The third-order valence-corrected chi connectivity index (χ3v) is 5.39. The predicted octanol–water partition coefficient (Wildman–Crippen LogP) is 2.55. The van der Waals surface area contributed by atoms with Crippen LogP contribution in [0.3, 0.4) is 0 Å². The van der Waals surface area contributed by atoms with E-state index in [4.69, 9.17) is 0 Å². The van der Waals surface area contributed by atoms with Crippen LogP contribution in [0.5, 0.6) is 0 Å². The number of aromatic nitrogens is 1. The molecule has 0 saturated carbocycles. The average molecular weight is 375 g/mol. The molecule has 0 unspecified atom stereocenters. The van der Waals surface area contributed by atoms with Crippen LogP contribution in [0, 0.1) is 6.92 Å². The lowest BCUT2D eigenvalue weighted by atomic mass is 10.2. The first kappa shape index (κ1) is 20.1. The molecule has 2 rings (SSSR count). The molecule has 140 valence electrons. The predicted molar refractivity (Wildman–Crippen MR) is 101 cm³/mol. The van der Waals surface area contributed by atoms with Crippen molar-refractivity contribution in [3.63, 3.8) is 0 Å². The van der Waals surface area contributed by atoms with Crippen molar-refractivity contribution in [3.8, 4) is 0 Å². The zero-order chi connectivity index (χ0) is 18.8. The topological polar surface area (TPSA) is 88.2 Å². The van der Waals surface area contributed by atoms with Crippen LogP contribution >= 0.6 is 0 Å². The molecule has 1 heterocycles. The molecule has 1 aromatic carbocycles. The number of carbonyl (C=O) groups is 1. The van der Waals surface area contributed by atoms with Crippen molar-refractivity contribution in [2.45, 2.75) is 44.0 Å². The second kappa shape index (κ2) is 10.0. The molecule has 0 saturated heterocycles. The lowest BCUT2D eigenvalue weighted by Gasteiger charge is -2.07. The molecule has 1 amide bonds. The molecule has 0 radical (unpaired) electrons. The highest BCUT2D eigenvalue weighted by molar-refractivity contribution is 7.89. The fourth-order valence-corrected chi connectivity index (χ4v) is 3.46. The Labute approximate surface area is 155 Å². The van der Waals surface area contributed by atoms with Crippen molar-refractivity contribution < 1.29 is 13.2 Å². The van der Waals surface area contributed by atoms with Gasteiger partial charge in [0.2, 0.25) is 15.9 Å². The lowest BCUT2D eigenvalue weighted by Crippen LogP contribution is -2.25. The van der Waals surface area contributed by atoms with Gasteiger partial charge in [-0.2, -0.15) is 0 Å². The number of sulfonamides is 1. The van der Waals surface area contributed by atoms with Crippen LogP contribution in [0.25, 0.3) is 0 Å². The summed E-state index contributed by atoms with van der Waals surface area (Å²) in [7, 11) is -3.46. The van der Waals surface area contributed by atoms with Gasteiger partial charge in [-0.1, -0.05) is 30.2 Å². The van der Waals surface area contributed by atoms with Gasteiger partial charge in [-0.25, -0.2) is 13.1 Å². The maximum Gasteiger partial charge on any atom is 0.240 e. The fourth-order valence-electron chi connectivity index (χ4n) is 2.39. The average Bonchev–Trinajstić information content (AvgIpc) is 2.64. The number of nitrogens with one attached hydrogen (secondary N) is 2. The highest BCUT2D eigenvalue weighted by Crippen LogP contribution is 2.10. The maximum absolute atomic E-state index is 12.1. The van der Waals surface area contributed by atoms with Crippen LogP contribution in [0.2, 0.25) is 0 Å². The lowest BCUT2D eigenvalue weighted by molar-refractivity contribution is -0.121. The molecule has 2 aromatic rings. The zero-order valence-electron chi connectivity index (χ0n) is 14.9. The Kier molecular flexibility index (Phi) is 7.74. The van der Waals surface area contributed by atoms with Gasteiger partial charge in [0, 0.05) is 31.9 Å². The van der Waals surface area contributed by atoms with E-state index in [0.29, 0.717) is 25.9 Å². The third kappa shape index (κ3) is 6.93. The van der Waals surface area contributed by atoms with Crippen molar-refractivity contribution in [2.75, 3.05) is 6.54 Å². The number of amides is 1. The molecule has 2 N–H and O–H groups in total. The SMILES string of the molecule is Cc1ccc(S(=O)(=O)NCCCCCC(=O)NCc2cccnc2)cc1. The number of unbranched alkanes of at least 4 members (excludes halogenated alkanes) is 2. The smallest absolute Gasteiger partial charge is 0.240 e. The van der Waals surface area contributed by atoms with Gasteiger partial charge in [0.1, 0.15) is 0 Å². The minimum Gasteiger partial charge on any atom is -0.352 e. The van der Waals surface area contributed by atoms with E-state index in [9.17, 15) is 13.2 Å². The van der Waals surface area contributed by atoms with Crippen LogP contribution in [0.1, 0.15) is 36.8 Å². The molecule has 26 heavy (non-hydrogen) atoms. The standard InChI is InChI=1S/C19H25N3O3S/c1-16-8-10-18(11-9-16)26(24,25)22-13-4-2-3-7-19(23)21-15-17-6-5-12-20-14-17/h5-6,8-12,14,22H,2-4,7,13,15H2,1H3,(H,21,23). The minimum atomic E-state index is -3.46. The molecular weight excluding hydrogens is 350 g/mol. The van der Waals surface area contributed by atoms with Crippen molar-refractivity contribution in [1.82, 2.24) is 15.0 Å². The molecule has 6 nitrogen and oxygen atoms in total. The molecule has 0 aliphatic heterocycles. The molecule has 0 fully saturated rings. The van der Waals surface area contributed by atoms with Gasteiger partial charge in [0.15, 0.2) is 0 Å². The fraction of sp³-hybridized carbons (Fsp3) is 0.368. The third-order valence-electron chi connectivity index (χ3n) is 3.92. The summed E-state index contributed by atoms with van der Waals surface area (Å²) in [6, 6.07) is 10.5. The van der Waals surface area contributed by atoms with E-state index < -0.39 is 10.0 Å². The van der Waals surface area contributed by atoms with E-state index >= 15 is 0 Å². The van der Waals surface area contributed by atoms with Gasteiger partial charge >= 0.3 is 0 Å². The number of carbonyl (C=O) groups excluding carboxylic acids is 1. The maximum atomic E-state index is 12.1. The van der Waals surface area contributed by atoms with Gasteiger partial charge in [-0.05, 0) is 43.5 Å². The van der Waals surface area contributed by atoms with E-state index in [0.717, 1.165) is 24.0 Å². The Morgan fingerprint density at radius 1 is 1.08 bits per heavy atom. The number of rotatable bonds is 10. The molecule has 1 aromatic heterocycles. The molecule has 0 spiro atoms. The van der Waals surface area contributed by atoms with Crippen LogP contribution in [-0.2, 0) is 21.4 Å². The van der Waals surface area contributed by atoms with E-state index in [1.807, 2.05) is 19.1 Å². The summed E-state index contributed by atoms with van der Waals surface area (Å²) in [4.78, 5) is 16.1. The van der Waals surface area contributed by atoms with E-state index in [1.54, 1.807) is 36.7 Å². The van der Waals surface area contributed by atoms with Gasteiger partial charge in [-0.15, -0.1) is 0 Å². The van der Waals surface area contributed by atoms with Crippen LogP contribution < -0.4 is 10.0 Å². The van der Waals surface area contributed by atoms with Crippen molar-refractivity contribution in [3.05, 3.63) is 59.9 Å². The van der Waals surface area contributed by atoms with Crippen LogP contribution in [0.4, 0.5) is 0 Å². The summed E-state index contributed by atoms with van der Waals surface area (Å²) >= 11 is 0. The summed E-state index contributed by atoms with van der Waals surface area (Å²) in [6.45, 7) is 2.76. The highest BCUT2D eigenvalue weighted by Gasteiger charge is 2.12. The Bertz CT molecular complexity index is 791. The summed E-state index contributed by atoms with van der Waals surface area (Å²) < 4.78 is 26.8. The second-order valence-corrected chi connectivity index (χ2v) is 7.93. The number of aryl methyl sites for hydroxylation is 1. The largest absolute Gasteiger partial charge is 0.352 e. The first-order chi connectivity index (χ1) is 12.5. The summed E-state index contributed by atoms with van der Waals surface area (Å²) in [6.07, 6.45) is 6.06. The molecule has 0 bridgehead atoms. The Morgan fingerprint density at radius 2 is 1.85 bits per heavy atom. The quantitative estimate of drug-likeness (QED) is 0.625. The first-order valence-electron chi connectivity index (χ1n) is 8.69. The zero-order valence-corrected chi connectivity index (χ0v) is 15.8. The van der Waals surface area contributed by atoms with Gasteiger partial charge in [-0.3, -0.25) is 9.78 Å². The number of benzene rings is 1. The van der Waals surface area contributed by atoms with Gasteiger partial charge in [0.25, 0.3) is 0 Å². The molecule has 0 atom stereocenters. The summed E-state index contributed by atoms with van der Waals surface area (Å²) in [5.41, 5.74) is 1.98. The second-order valence-electron chi connectivity index (χ2n) is 6.16. The monoisotopic (exact) mass is 375 g/mol. The molecule has 7 heteroatoms. The first-order valence-corrected chi connectivity index (χ1v) is 10.2. The Balaban J connectivity index is 1.58.